The van der Waals surface area contributed by atoms with Crippen LogP contribution in [0.3, 0.4) is 0 Å². The summed E-state index contributed by atoms with van der Waals surface area (Å²) in [6.07, 6.45) is 0. The Morgan fingerprint density at radius 1 is 0.875 bits per heavy atom. The SMILES string of the molecule is CCN(CC)c1ccc(S(=O)(=O)N(CC)CC)cc1NC(=O)c1cc(-c2ccc(OC)cc2)nc2ccccc12. The van der Waals surface area contributed by atoms with E-state index in [0.717, 1.165) is 17.0 Å². The van der Waals surface area contributed by atoms with E-state index in [-0.39, 0.29) is 10.8 Å². The van der Waals surface area contributed by atoms with E-state index in [1.54, 1.807) is 31.4 Å². The van der Waals surface area contributed by atoms with Gasteiger partial charge in [-0.15, -0.1) is 0 Å². The second-order valence-corrected chi connectivity index (χ2v) is 11.1. The number of carbonyl (C=O) groups is 1. The first-order valence-corrected chi connectivity index (χ1v) is 15.0. The lowest BCUT2D eigenvalue weighted by atomic mass is 10.0. The zero-order chi connectivity index (χ0) is 28.9. The molecule has 8 nitrogen and oxygen atoms in total. The first-order chi connectivity index (χ1) is 19.3. The molecule has 0 atom stereocenters. The van der Waals surface area contributed by atoms with E-state index >= 15 is 0 Å². The lowest BCUT2D eigenvalue weighted by Crippen LogP contribution is -2.31. The molecule has 0 spiro atoms. The van der Waals surface area contributed by atoms with Crippen molar-refractivity contribution in [1.29, 1.82) is 0 Å². The van der Waals surface area contributed by atoms with E-state index in [4.69, 9.17) is 9.72 Å². The molecule has 210 valence electrons. The molecule has 1 N–H and O–H groups in total. The third-order valence-electron chi connectivity index (χ3n) is 7.01. The molecule has 1 heterocycles. The van der Waals surface area contributed by atoms with Crippen LogP contribution in [0.15, 0.2) is 77.7 Å². The topological polar surface area (TPSA) is 91.8 Å². The molecule has 4 rings (SSSR count). The molecule has 0 saturated carbocycles. The number of nitrogens with one attached hydrogen (secondary N) is 1. The number of aromatic nitrogens is 1. The predicted molar refractivity (Wildman–Crippen MR) is 162 cm³/mol. The minimum Gasteiger partial charge on any atom is -0.497 e. The molecule has 40 heavy (non-hydrogen) atoms. The molecule has 0 aliphatic carbocycles. The largest absolute Gasteiger partial charge is 0.497 e. The Morgan fingerprint density at radius 3 is 2.17 bits per heavy atom. The number of carbonyl (C=O) groups excluding carboxylic acids is 1. The van der Waals surface area contributed by atoms with Gasteiger partial charge < -0.3 is 15.0 Å². The van der Waals surface area contributed by atoms with Crippen molar-refractivity contribution in [2.45, 2.75) is 32.6 Å². The smallest absolute Gasteiger partial charge is 0.256 e. The highest BCUT2D eigenvalue weighted by Gasteiger charge is 2.24. The van der Waals surface area contributed by atoms with E-state index in [2.05, 4.69) is 10.2 Å². The van der Waals surface area contributed by atoms with Crippen LogP contribution < -0.4 is 15.0 Å². The summed E-state index contributed by atoms with van der Waals surface area (Å²) in [5.41, 5.74) is 3.81. The fraction of sp³-hybridized carbons (Fsp3) is 0.290. The molecule has 0 aliphatic heterocycles. The Kier molecular flexibility index (Phi) is 9.07. The van der Waals surface area contributed by atoms with Gasteiger partial charge in [0.2, 0.25) is 10.0 Å². The van der Waals surface area contributed by atoms with Gasteiger partial charge in [0.05, 0.1) is 40.2 Å². The van der Waals surface area contributed by atoms with Crippen LogP contribution in [0.2, 0.25) is 0 Å². The second-order valence-electron chi connectivity index (χ2n) is 9.20. The lowest BCUT2D eigenvalue weighted by Gasteiger charge is -2.26. The molecule has 0 radical (unpaired) electrons. The quantitative estimate of drug-likeness (QED) is 0.241. The van der Waals surface area contributed by atoms with Gasteiger partial charge in [-0.05, 0) is 68.4 Å². The molecular formula is C31H36N4O4S. The van der Waals surface area contributed by atoms with Crippen molar-refractivity contribution in [3.8, 4) is 17.0 Å². The summed E-state index contributed by atoms with van der Waals surface area (Å²) in [5, 5.41) is 3.74. The number of benzene rings is 3. The van der Waals surface area contributed by atoms with Crippen molar-refractivity contribution < 1.29 is 17.9 Å². The van der Waals surface area contributed by atoms with Gasteiger partial charge in [0.25, 0.3) is 5.91 Å². The van der Waals surface area contributed by atoms with E-state index in [0.29, 0.717) is 54.0 Å². The molecule has 4 aromatic rings. The van der Waals surface area contributed by atoms with Crippen LogP contribution in [0.4, 0.5) is 11.4 Å². The molecule has 9 heteroatoms. The maximum atomic E-state index is 13.9. The summed E-state index contributed by atoms with van der Waals surface area (Å²) >= 11 is 0. The van der Waals surface area contributed by atoms with Crippen molar-refractivity contribution in [2.24, 2.45) is 0 Å². The van der Waals surface area contributed by atoms with Crippen LogP contribution in [0, 0.1) is 0 Å². The standard InChI is InChI=1S/C31H36N4O4S/c1-6-34(7-2)30-19-18-24(40(37,38)35(8-3)9-4)20-29(30)33-31(36)26-21-28(22-14-16-23(39-5)17-15-22)32-27-13-11-10-12-25(26)27/h10-21H,6-9H2,1-5H3,(H,33,36). The summed E-state index contributed by atoms with van der Waals surface area (Å²) in [7, 11) is -2.11. The highest BCUT2D eigenvalue weighted by Crippen LogP contribution is 2.32. The maximum Gasteiger partial charge on any atom is 0.256 e. The van der Waals surface area contributed by atoms with Crippen LogP contribution in [0.5, 0.6) is 5.75 Å². The number of pyridine rings is 1. The molecule has 0 aliphatic rings. The molecule has 3 aromatic carbocycles. The first-order valence-electron chi connectivity index (χ1n) is 13.5. The molecule has 1 aromatic heterocycles. The maximum absolute atomic E-state index is 13.9. The third-order valence-corrected chi connectivity index (χ3v) is 9.06. The normalized spacial score (nSPS) is 11.6. The molecule has 0 unspecified atom stereocenters. The number of sulfonamides is 1. The number of methoxy groups -OCH3 is 1. The number of nitrogens with zero attached hydrogens (tertiary/aromatic N) is 3. The van der Waals surface area contributed by atoms with Crippen LogP contribution >= 0.6 is 0 Å². The molecule has 0 fully saturated rings. The fourth-order valence-electron chi connectivity index (χ4n) is 4.79. The number of para-hydroxylation sites is 1. The number of fused-ring (bicyclic) bond motifs is 1. The van der Waals surface area contributed by atoms with Crippen molar-refractivity contribution >= 4 is 38.2 Å². The van der Waals surface area contributed by atoms with Gasteiger partial charge >= 0.3 is 0 Å². The minimum atomic E-state index is -3.72. The van der Waals surface area contributed by atoms with E-state index in [9.17, 15) is 13.2 Å². The van der Waals surface area contributed by atoms with E-state index < -0.39 is 10.0 Å². The molecule has 1 amide bonds. The van der Waals surface area contributed by atoms with Crippen molar-refractivity contribution in [1.82, 2.24) is 9.29 Å². The Hall–Kier alpha value is -3.95. The molecule has 0 bridgehead atoms. The second kappa shape index (κ2) is 12.5. The molecule has 0 saturated heterocycles. The van der Waals surface area contributed by atoms with E-state index in [1.807, 2.05) is 76.2 Å². The Labute approximate surface area is 236 Å². The number of hydrogen-bond donors (Lipinski definition) is 1. The Balaban J connectivity index is 1.82. The summed E-state index contributed by atoms with van der Waals surface area (Å²) in [6.45, 7) is 9.76. The van der Waals surface area contributed by atoms with Crippen LogP contribution in [0.1, 0.15) is 38.1 Å². The lowest BCUT2D eigenvalue weighted by molar-refractivity contribution is 0.102. The summed E-state index contributed by atoms with van der Waals surface area (Å²) in [4.78, 5) is 20.9. The monoisotopic (exact) mass is 560 g/mol. The van der Waals surface area contributed by atoms with Gasteiger partial charge in [0.1, 0.15) is 5.75 Å². The Bertz CT molecular complexity index is 1600. The van der Waals surface area contributed by atoms with Crippen molar-refractivity contribution in [3.05, 3.63) is 78.4 Å². The van der Waals surface area contributed by atoms with Crippen LogP contribution in [0.25, 0.3) is 22.2 Å². The third kappa shape index (κ3) is 5.80. The van der Waals surface area contributed by atoms with Crippen LogP contribution in [-0.2, 0) is 10.0 Å². The van der Waals surface area contributed by atoms with Gasteiger partial charge in [-0.3, -0.25) is 4.79 Å². The Morgan fingerprint density at radius 2 is 1.55 bits per heavy atom. The van der Waals surface area contributed by atoms with Crippen molar-refractivity contribution in [3.63, 3.8) is 0 Å². The fourth-order valence-corrected chi connectivity index (χ4v) is 6.28. The van der Waals surface area contributed by atoms with Gasteiger partial charge in [0, 0.05) is 37.1 Å². The summed E-state index contributed by atoms with van der Waals surface area (Å²) in [6, 6.07) is 21.7. The summed E-state index contributed by atoms with van der Waals surface area (Å²) in [5.74, 6) is 0.380. The average molecular weight is 561 g/mol. The summed E-state index contributed by atoms with van der Waals surface area (Å²) < 4.78 is 33.3. The number of hydrogen-bond acceptors (Lipinski definition) is 6. The van der Waals surface area contributed by atoms with Crippen molar-refractivity contribution in [2.75, 3.05) is 43.5 Å². The first kappa shape index (κ1) is 29.0. The zero-order valence-electron chi connectivity index (χ0n) is 23.6. The van der Waals surface area contributed by atoms with Gasteiger partial charge in [-0.2, -0.15) is 4.31 Å². The van der Waals surface area contributed by atoms with E-state index in [1.165, 1.54) is 4.31 Å². The number of anilines is 2. The number of amides is 1. The zero-order valence-corrected chi connectivity index (χ0v) is 24.5. The highest BCUT2D eigenvalue weighted by molar-refractivity contribution is 7.89. The minimum absolute atomic E-state index is 0.140. The van der Waals surface area contributed by atoms with Crippen LogP contribution in [-0.4, -0.2) is 56.9 Å². The molecular weight excluding hydrogens is 524 g/mol. The number of ether oxygens (including phenoxy) is 1. The predicted octanol–water partition coefficient (Wildman–Crippen LogP) is 6.04. The highest BCUT2D eigenvalue weighted by atomic mass is 32.2. The average Bonchev–Trinajstić information content (AvgIpc) is 2.98. The van der Waals surface area contributed by atoms with Gasteiger partial charge in [-0.25, -0.2) is 13.4 Å². The van der Waals surface area contributed by atoms with Gasteiger partial charge in [0.15, 0.2) is 0 Å². The number of rotatable bonds is 11. The van der Waals surface area contributed by atoms with Gasteiger partial charge in [-0.1, -0.05) is 32.0 Å².